The van der Waals surface area contributed by atoms with Gasteiger partial charge in [0.25, 0.3) is 0 Å². The van der Waals surface area contributed by atoms with Crippen molar-refractivity contribution >= 4 is 35.8 Å². The number of hydrogen-bond donors (Lipinski definition) is 2. The maximum absolute atomic E-state index is 11.7. The molecule has 1 aliphatic carbocycles. The monoisotopic (exact) mass is 432 g/mol. The standard InChI is InChI=1S/C16H24N4O2.HI/c1-20(2)15(21)12-18-16(19-13-6-3-4-7-13)17-10-9-14-8-5-11-22-14;/h3-5,8,11,13H,6-7,9-10,12H2,1-2H3,(H2,17,18,19);1H. The lowest BCUT2D eigenvalue weighted by atomic mass is 10.2. The van der Waals surface area contributed by atoms with E-state index in [9.17, 15) is 4.79 Å². The highest BCUT2D eigenvalue weighted by molar-refractivity contribution is 14.0. The molecule has 0 saturated heterocycles. The molecule has 23 heavy (non-hydrogen) atoms. The van der Waals surface area contributed by atoms with Gasteiger partial charge in [-0.15, -0.1) is 24.0 Å². The lowest BCUT2D eigenvalue weighted by Crippen LogP contribution is -2.43. The molecule has 2 rings (SSSR count). The Morgan fingerprint density at radius 1 is 1.39 bits per heavy atom. The van der Waals surface area contributed by atoms with E-state index in [1.807, 2.05) is 12.1 Å². The van der Waals surface area contributed by atoms with Crippen LogP contribution < -0.4 is 10.6 Å². The zero-order chi connectivity index (χ0) is 15.8. The molecule has 7 heteroatoms. The molecule has 0 aliphatic heterocycles. The Morgan fingerprint density at radius 2 is 2.13 bits per heavy atom. The van der Waals surface area contributed by atoms with Gasteiger partial charge in [0.15, 0.2) is 5.96 Å². The van der Waals surface area contributed by atoms with E-state index in [0.29, 0.717) is 18.5 Å². The quantitative estimate of drug-likeness (QED) is 0.311. The summed E-state index contributed by atoms with van der Waals surface area (Å²) in [4.78, 5) is 17.6. The molecule has 1 aromatic heterocycles. The number of amides is 1. The van der Waals surface area contributed by atoms with E-state index in [0.717, 1.165) is 25.0 Å². The number of carbonyl (C=O) groups is 1. The Bertz CT molecular complexity index is 518. The first-order valence-electron chi connectivity index (χ1n) is 7.57. The van der Waals surface area contributed by atoms with Gasteiger partial charge in [-0.3, -0.25) is 4.79 Å². The molecule has 0 bridgehead atoms. The summed E-state index contributed by atoms with van der Waals surface area (Å²) in [5.74, 6) is 1.59. The van der Waals surface area contributed by atoms with E-state index in [-0.39, 0.29) is 36.4 Å². The maximum Gasteiger partial charge on any atom is 0.243 e. The van der Waals surface area contributed by atoms with Crippen molar-refractivity contribution in [3.63, 3.8) is 0 Å². The van der Waals surface area contributed by atoms with Crippen LogP contribution in [0.5, 0.6) is 0 Å². The molecule has 1 amide bonds. The summed E-state index contributed by atoms with van der Waals surface area (Å²) in [5.41, 5.74) is 0. The predicted octanol–water partition coefficient (Wildman–Crippen LogP) is 1.78. The second-order valence-electron chi connectivity index (χ2n) is 5.49. The highest BCUT2D eigenvalue weighted by Crippen LogP contribution is 2.08. The number of furan rings is 1. The molecule has 0 saturated carbocycles. The molecular formula is C16H25IN4O2. The number of guanidine groups is 1. The summed E-state index contributed by atoms with van der Waals surface area (Å²) in [6.45, 7) is 0.846. The molecule has 0 radical (unpaired) electrons. The van der Waals surface area contributed by atoms with E-state index in [1.165, 1.54) is 0 Å². The van der Waals surface area contributed by atoms with Crippen molar-refractivity contribution in [3.8, 4) is 0 Å². The van der Waals surface area contributed by atoms with E-state index in [2.05, 4.69) is 27.8 Å². The van der Waals surface area contributed by atoms with Gasteiger partial charge in [0, 0.05) is 33.1 Å². The molecule has 1 aromatic rings. The average Bonchev–Trinajstić information content (AvgIpc) is 3.17. The van der Waals surface area contributed by atoms with Gasteiger partial charge in [-0.2, -0.15) is 0 Å². The van der Waals surface area contributed by atoms with Crippen molar-refractivity contribution in [2.45, 2.75) is 25.3 Å². The largest absolute Gasteiger partial charge is 0.469 e. The van der Waals surface area contributed by atoms with Crippen LogP contribution in [0.15, 0.2) is 40.0 Å². The fourth-order valence-corrected chi connectivity index (χ4v) is 2.13. The lowest BCUT2D eigenvalue weighted by Gasteiger charge is -2.17. The third-order valence-corrected chi connectivity index (χ3v) is 3.46. The van der Waals surface area contributed by atoms with Gasteiger partial charge in [0.1, 0.15) is 12.3 Å². The Kier molecular flexibility index (Phi) is 8.75. The minimum Gasteiger partial charge on any atom is -0.469 e. The van der Waals surface area contributed by atoms with Crippen LogP contribution in [-0.4, -0.2) is 50.0 Å². The van der Waals surface area contributed by atoms with Gasteiger partial charge >= 0.3 is 0 Å². The van der Waals surface area contributed by atoms with Crippen molar-refractivity contribution in [2.75, 3.05) is 27.2 Å². The van der Waals surface area contributed by atoms with Crippen molar-refractivity contribution in [1.82, 2.24) is 15.5 Å². The molecule has 0 atom stereocenters. The van der Waals surface area contributed by atoms with Gasteiger partial charge in [0.05, 0.1) is 6.26 Å². The molecule has 0 fully saturated rings. The number of halogens is 1. The first-order chi connectivity index (χ1) is 10.6. The van der Waals surface area contributed by atoms with Crippen LogP contribution in [0.3, 0.4) is 0 Å². The van der Waals surface area contributed by atoms with Gasteiger partial charge in [-0.1, -0.05) is 12.2 Å². The SMILES string of the molecule is CN(C)C(=O)CN=C(NCCc1ccco1)NC1CC=CC1.I. The summed E-state index contributed by atoms with van der Waals surface area (Å²) in [5, 5.41) is 6.62. The van der Waals surface area contributed by atoms with Crippen LogP contribution in [0.2, 0.25) is 0 Å². The third kappa shape index (κ3) is 7.06. The summed E-state index contributed by atoms with van der Waals surface area (Å²) < 4.78 is 5.31. The number of nitrogens with one attached hydrogen (secondary N) is 2. The summed E-state index contributed by atoms with van der Waals surface area (Å²) >= 11 is 0. The number of aliphatic imine (C=N–C) groups is 1. The van der Waals surface area contributed by atoms with Crippen LogP contribution in [-0.2, 0) is 11.2 Å². The van der Waals surface area contributed by atoms with Crippen molar-refractivity contribution < 1.29 is 9.21 Å². The van der Waals surface area contributed by atoms with Crippen LogP contribution in [0.1, 0.15) is 18.6 Å². The molecule has 0 unspecified atom stereocenters. The maximum atomic E-state index is 11.7. The minimum atomic E-state index is -0.0170. The fraction of sp³-hybridized carbons (Fsp3) is 0.500. The predicted molar refractivity (Wildman–Crippen MR) is 102 cm³/mol. The Balaban J connectivity index is 0.00000264. The first kappa shape index (κ1) is 19.5. The van der Waals surface area contributed by atoms with Gasteiger partial charge in [0.2, 0.25) is 5.91 Å². The van der Waals surface area contributed by atoms with E-state index < -0.39 is 0 Å². The second kappa shape index (κ2) is 10.3. The molecule has 128 valence electrons. The summed E-state index contributed by atoms with van der Waals surface area (Å²) in [6.07, 6.45) is 8.73. The van der Waals surface area contributed by atoms with Gasteiger partial charge in [-0.05, 0) is 25.0 Å². The zero-order valence-electron chi connectivity index (χ0n) is 13.6. The topological polar surface area (TPSA) is 69.9 Å². The summed E-state index contributed by atoms with van der Waals surface area (Å²) in [6, 6.07) is 4.18. The Morgan fingerprint density at radius 3 is 2.74 bits per heavy atom. The van der Waals surface area contributed by atoms with Crippen LogP contribution in [0, 0.1) is 0 Å². The third-order valence-electron chi connectivity index (χ3n) is 3.46. The van der Waals surface area contributed by atoms with Crippen LogP contribution in [0.25, 0.3) is 0 Å². The lowest BCUT2D eigenvalue weighted by molar-refractivity contribution is -0.127. The number of nitrogens with zero attached hydrogens (tertiary/aromatic N) is 2. The zero-order valence-corrected chi connectivity index (χ0v) is 15.9. The summed E-state index contributed by atoms with van der Waals surface area (Å²) in [7, 11) is 3.46. The molecule has 1 heterocycles. The normalized spacial score (nSPS) is 14.4. The van der Waals surface area contributed by atoms with Gasteiger partial charge in [-0.25, -0.2) is 4.99 Å². The van der Waals surface area contributed by atoms with Crippen LogP contribution in [0.4, 0.5) is 0 Å². The molecule has 0 aromatic carbocycles. The van der Waals surface area contributed by atoms with E-state index in [4.69, 9.17) is 4.42 Å². The van der Waals surface area contributed by atoms with Crippen molar-refractivity contribution in [2.24, 2.45) is 4.99 Å². The van der Waals surface area contributed by atoms with Crippen LogP contribution >= 0.6 is 24.0 Å². The number of carbonyl (C=O) groups excluding carboxylic acids is 1. The smallest absolute Gasteiger partial charge is 0.243 e. The Labute approximate surface area is 154 Å². The molecule has 6 nitrogen and oxygen atoms in total. The molecular weight excluding hydrogens is 407 g/mol. The number of rotatable bonds is 6. The van der Waals surface area contributed by atoms with Crippen molar-refractivity contribution in [3.05, 3.63) is 36.3 Å². The Hall–Kier alpha value is -1.51. The number of likely N-dealkylation sites (N-methyl/N-ethyl adjacent to an activating group) is 1. The van der Waals surface area contributed by atoms with E-state index in [1.54, 1.807) is 25.3 Å². The number of hydrogen-bond acceptors (Lipinski definition) is 3. The first-order valence-corrected chi connectivity index (χ1v) is 7.57. The fourth-order valence-electron chi connectivity index (χ4n) is 2.13. The van der Waals surface area contributed by atoms with E-state index >= 15 is 0 Å². The average molecular weight is 432 g/mol. The molecule has 2 N–H and O–H groups in total. The second-order valence-corrected chi connectivity index (χ2v) is 5.49. The highest BCUT2D eigenvalue weighted by Gasteiger charge is 2.12. The van der Waals surface area contributed by atoms with Crippen molar-refractivity contribution in [1.29, 1.82) is 0 Å². The minimum absolute atomic E-state index is 0. The highest BCUT2D eigenvalue weighted by atomic mass is 127. The molecule has 0 spiro atoms. The van der Waals surface area contributed by atoms with Gasteiger partial charge < -0.3 is 20.0 Å². The molecule has 1 aliphatic rings.